The summed E-state index contributed by atoms with van der Waals surface area (Å²) in [7, 11) is 0. The number of amides is 1. The van der Waals surface area contributed by atoms with E-state index < -0.39 is 0 Å². The average molecular weight is 266 g/mol. The summed E-state index contributed by atoms with van der Waals surface area (Å²) in [6.45, 7) is 1.50. The molecule has 2 unspecified atom stereocenters. The van der Waals surface area contributed by atoms with E-state index in [2.05, 4.69) is 41.7 Å². The molecular weight excluding hydrogens is 248 g/mol. The molecule has 0 bridgehead atoms. The second-order valence-electron chi connectivity index (χ2n) is 5.26. The molecule has 1 saturated heterocycles. The summed E-state index contributed by atoms with van der Waals surface area (Å²) in [5.74, 6) is -0.123. The fraction of sp³-hybridized carbons (Fsp3) is 0.235. The number of hydrogen-bond acceptors (Lipinski definition) is 2. The van der Waals surface area contributed by atoms with Gasteiger partial charge in [-0.25, -0.2) is 0 Å². The molecule has 0 spiro atoms. The first-order chi connectivity index (χ1) is 9.75. The second kappa shape index (κ2) is 5.47. The molecule has 102 valence electrons. The molecule has 3 N–H and O–H groups in total. The summed E-state index contributed by atoms with van der Waals surface area (Å²) in [4.78, 5) is 11.5. The molecular formula is C17H18N2O. The zero-order valence-electron chi connectivity index (χ0n) is 11.3. The van der Waals surface area contributed by atoms with Crippen molar-refractivity contribution in [1.82, 2.24) is 5.32 Å². The highest BCUT2D eigenvalue weighted by molar-refractivity contribution is 5.78. The minimum absolute atomic E-state index is 0.0995. The fourth-order valence-electron chi connectivity index (χ4n) is 2.88. The maximum Gasteiger partial charge on any atom is 0.222 e. The number of nitrogens with two attached hydrogens (primary N) is 1. The van der Waals surface area contributed by atoms with Crippen LogP contribution in [-0.4, -0.2) is 19.0 Å². The zero-order valence-corrected chi connectivity index (χ0v) is 11.3. The van der Waals surface area contributed by atoms with E-state index >= 15 is 0 Å². The van der Waals surface area contributed by atoms with Gasteiger partial charge in [-0.2, -0.15) is 0 Å². The highest BCUT2D eigenvalue weighted by Crippen LogP contribution is 2.29. The van der Waals surface area contributed by atoms with Crippen molar-refractivity contribution in [2.75, 3.05) is 13.1 Å². The van der Waals surface area contributed by atoms with Gasteiger partial charge in [0, 0.05) is 19.0 Å². The molecule has 1 aliphatic rings. The quantitative estimate of drug-likeness (QED) is 0.894. The van der Waals surface area contributed by atoms with Crippen LogP contribution in [-0.2, 0) is 4.79 Å². The van der Waals surface area contributed by atoms with Crippen LogP contribution in [0.1, 0.15) is 11.5 Å². The molecule has 1 amide bonds. The van der Waals surface area contributed by atoms with Crippen LogP contribution in [0.25, 0.3) is 11.1 Å². The summed E-state index contributed by atoms with van der Waals surface area (Å²) in [6, 6.07) is 18.7. The number of benzene rings is 2. The first-order valence-electron chi connectivity index (χ1n) is 6.91. The van der Waals surface area contributed by atoms with Gasteiger partial charge in [-0.05, 0) is 16.7 Å². The molecule has 0 saturated carbocycles. The van der Waals surface area contributed by atoms with Crippen LogP contribution in [0.4, 0.5) is 0 Å². The van der Waals surface area contributed by atoms with Gasteiger partial charge in [-0.3, -0.25) is 4.79 Å². The average Bonchev–Trinajstić information content (AvgIpc) is 2.98. The predicted molar refractivity (Wildman–Crippen MR) is 80.2 cm³/mol. The number of carbonyl (C=O) groups is 1. The van der Waals surface area contributed by atoms with Crippen molar-refractivity contribution in [3.8, 4) is 11.1 Å². The molecule has 2 aromatic carbocycles. The van der Waals surface area contributed by atoms with E-state index in [1.807, 2.05) is 18.2 Å². The topological polar surface area (TPSA) is 55.1 Å². The van der Waals surface area contributed by atoms with Gasteiger partial charge in [0.15, 0.2) is 0 Å². The smallest absolute Gasteiger partial charge is 0.222 e. The monoisotopic (exact) mass is 266 g/mol. The van der Waals surface area contributed by atoms with Crippen LogP contribution in [0.3, 0.4) is 0 Å². The number of rotatable bonds is 3. The van der Waals surface area contributed by atoms with Crippen molar-refractivity contribution < 1.29 is 4.79 Å². The first kappa shape index (κ1) is 12.9. The molecule has 3 nitrogen and oxygen atoms in total. The van der Waals surface area contributed by atoms with E-state index in [4.69, 9.17) is 5.73 Å². The lowest BCUT2D eigenvalue weighted by molar-refractivity contribution is -0.121. The molecule has 2 aromatic rings. The molecule has 20 heavy (non-hydrogen) atoms. The summed E-state index contributed by atoms with van der Waals surface area (Å²) >= 11 is 0. The molecule has 3 rings (SSSR count). The summed E-state index contributed by atoms with van der Waals surface area (Å²) in [5.41, 5.74) is 9.04. The zero-order chi connectivity index (χ0) is 13.9. The molecule has 1 fully saturated rings. The van der Waals surface area contributed by atoms with Crippen molar-refractivity contribution >= 4 is 5.91 Å². The van der Waals surface area contributed by atoms with Gasteiger partial charge in [0.1, 0.15) is 0 Å². The normalized spacial score (nSPS) is 21.8. The Kier molecular flexibility index (Phi) is 3.52. The molecule has 1 aliphatic heterocycles. The number of nitrogens with one attached hydrogen (secondary N) is 1. The van der Waals surface area contributed by atoms with Gasteiger partial charge in [0.2, 0.25) is 5.91 Å². The van der Waals surface area contributed by atoms with Gasteiger partial charge in [-0.15, -0.1) is 0 Å². The van der Waals surface area contributed by atoms with E-state index in [0.29, 0.717) is 6.54 Å². The Bertz CT molecular complexity index is 592. The van der Waals surface area contributed by atoms with Gasteiger partial charge in [0.25, 0.3) is 0 Å². The highest BCUT2D eigenvalue weighted by Gasteiger charge is 2.32. The first-order valence-corrected chi connectivity index (χ1v) is 6.91. The molecule has 2 atom stereocenters. The van der Waals surface area contributed by atoms with Gasteiger partial charge < -0.3 is 11.1 Å². The largest absolute Gasteiger partial charge is 0.369 e. The predicted octanol–water partition coefficient (Wildman–Crippen LogP) is 2.14. The van der Waals surface area contributed by atoms with Crippen LogP contribution in [0.5, 0.6) is 0 Å². The van der Waals surface area contributed by atoms with Gasteiger partial charge >= 0.3 is 0 Å². The lowest BCUT2D eigenvalue weighted by Crippen LogP contribution is -2.28. The third-order valence-corrected chi connectivity index (χ3v) is 4.03. The molecule has 0 aromatic heterocycles. The van der Waals surface area contributed by atoms with E-state index in [1.165, 1.54) is 16.7 Å². The second-order valence-corrected chi connectivity index (χ2v) is 5.26. The Balaban J connectivity index is 1.85. The van der Waals surface area contributed by atoms with Crippen molar-refractivity contribution in [3.05, 3.63) is 60.2 Å². The van der Waals surface area contributed by atoms with Crippen molar-refractivity contribution in [3.63, 3.8) is 0 Å². The molecule has 3 heteroatoms. The van der Waals surface area contributed by atoms with Crippen LogP contribution in [0, 0.1) is 5.92 Å². The van der Waals surface area contributed by atoms with Gasteiger partial charge in [0.05, 0.1) is 5.92 Å². The Labute approximate surface area is 118 Å². The maximum absolute atomic E-state index is 11.5. The van der Waals surface area contributed by atoms with Crippen LogP contribution < -0.4 is 11.1 Å². The Morgan fingerprint density at radius 3 is 2.25 bits per heavy atom. The van der Waals surface area contributed by atoms with Crippen LogP contribution in [0.15, 0.2) is 54.6 Å². The lowest BCUT2D eigenvalue weighted by Gasteiger charge is -2.16. The van der Waals surface area contributed by atoms with Crippen molar-refractivity contribution in [2.24, 2.45) is 11.7 Å². The summed E-state index contributed by atoms with van der Waals surface area (Å²) < 4.78 is 0. The Morgan fingerprint density at radius 2 is 1.60 bits per heavy atom. The minimum Gasteiger partial charge on any atom is -0.369 e. The Hall–Kier alpha value is -2.13. The van der Waals surface area contributed by atoms with E-state index in [0.717, 1.165) is 6.54 Å². The summed E-state index contributed by atoms with van der Waals surface area (Å²) in [5, 5.41) is 3.25. The van der Waals surface area contributed by atoms with Crippen molar-refractivity contribution in [1.29, 1.82) is 0 Å². The third kappa shape index (κ3) is 2.45. The number of carbonyl (C=O) groups excluding carboxylic acids is 1. The SMILES string of the molecule is NC(=O)C1CNCC1c1ccc(-c2ccccc2)cc1. The number of primary amides is 1. The summed E-state index contributed by atoms with van der Waals surface area (Å²) in [6.07, 6.45) is 0. The van der Waals surface area contributed by atoms with E-state index in [9.17, 15) is 4.79 Å². The minimum atomic E-state index is -0.216. The number of hydrogen-bond donors (Lipinski definition) is 2. The fourth-order valence-corrected chi connectivity index (χ4v) is 2.88. The van der Waals surface area contributed by atoms with E-state index in [-0.39, 0.29) is 17.7 Å². The standard InChI is InChI=1S/C17H18N2O/c18-17(20)16-11-19-10-15(16)14-8-6-13(7-9-14)12-4-2-1-3-5-12/h1-9,15-16,19H,10-11H2,(H2,18,20). The maximum atomic E-state index is 11.5. The van der Waals surface area contributed by atoms with Crippen LogP contribution >= 0.6 is 0 Å². The third-order valence-electron chi connectivity index (χ3n) is 4.03. The molecule has 0 aliphatic carbocycles. The molecule has 1 heterocycles. The van der Waals surface area contributed by atoms with E-state index in [1.54, 1.807) is 0 Å². The van der Waals surface area contributed by atoms with Crippen LogP contribution in [0.2, 0.25) is 0 Å². The lowest BCUT2D eigenvalue weighted by atomic mass is 9.87. The Morgan fingerprint density at radius 1 is 0.950 bits per heavy atom. The van der Waals surface area contributed by atoms with Gasteiger partial charge in [-0.1, -0.05) is 54.6 Å². The molecule has 0 radical (unpaired) electrons. The highest BCUT2D eigenvalue weighted by atomic mass is 16.1. The van der Waals surface area contributed by atoms with Crippen molar-refractivity contribution in [2.45, 2.75) is 5.92 Å².